The number of ether oxygens (including phenoxy) is 1. The summed E-state index contributed by atoms with van der Waals surface area (Å²) in [4.78, 5) is 22.4. The molecule has 0 unspecified atom stereocenters. The average Bonchev–Trinajstić information content (AvgIpc) is 3.37. The minimum Gasteiger partial charge on any atom is -0.383 e. The van der Waals surface area contributed by atoms with Crippen LogP contribution < -0.4 is 5.32 Å². The zero-order valence-electron chi connectivity index (χ0n) is 16.3. The van der Waals surface area contributed by atoms with Crippen LogP contribution in [0, 0.1) is 0 Å². The van der Waals surface area contributed by atoms with Gasteiger partial charge in [0.15, 0.2) is 0 Å². The maximum absolute atomic E-state index is 12.4. The molecule has 0 aliphatic carbocycles. The summed E-state index contributed by atoms with van der Waals surface area (Å²) in [5.74, 6) is -0.191. The number of rotatable bonds is 7. The lowest BCUT2D eigenvalue weighted by Gasteiger charge is -2.08. The van der Waals surface area contributed by atoms with Crippen molar-refractivity contribution in [1.82, 2.24) is 25.1 Å². The number of hydrogen-bond acceptors (Lipinski definition) is 6. The first-order valence-corrected chi connectivity index (χ1v) is 10.1. The first-order chi connectivity index (χ1) is 14.1. The van der Waals surface area contributed by atoms with Crippen molar-refractivity contribution in [2.24, 2.45) is 7.05 Å². The molecule has 1 amide bonds. The van der Waals surface area contributed by atoms with Crippen LogP contribution in [-0.4, -0.2) is 45.9 Å². The predicted octanol–water partition coefficient (Wildman–Crippen LogP) is 3.06. The van der Waals surface area contributed by atoms with Gasteiger partial charge in [0.2, 0.25) is 0 Å². The highest BCUT2D eigenvalue weighted by Crippen LogP contribution is 2.26. The van der Waals surface area contributed by atoms with Gasteiger partial charge in [0.25, 0.3) is 5.91 Å². The Labute approximate surface area is 172 Å². The Morgan fingerprint density at radius 2 is 2.17 bits per heavy atom. The van der Waals surface area contributed by atoms with E-state index in [-0.39, 0.29) is 5.91 Å². The third-order valence-electron chi connectivity index (χ3n) is 4.57. The third-order valence-corrected chi connectivity index (χ3v) is 5.37. The first kappa shape index (κ1) is 19.2. The quantitative estimate of drug-likeness (QED) is 0.476. The zero-order chi connectivity index (χ0) is 20.2. The molecule has 4 aromatic rings. The maximum Gasteiger partial charge on any atom is 0.270 e. The van der Waals surface area contributed by atoms with E-state index in [1.165, 1.54) is 11.3 Å². The normalized spacial score (nSPS) is 11.1. The van der Waals surface area contributed by atoms with E-state index in [0.29, 0.717) is 25.3 Å². The van der Waals surface area contributed by atoms with Crippen LogP contribution in [0.1, 0.15) is 21.6 Å². The summed E-state index contributed by atoms with van der Waals surface area (Å²) in [6.07, 6.45) is 6.29. The number of amides is 1. The van der Waals surface area contributed by atoms with Gasteiger partial charge in [-0.15, -0.1) is 11.3 Å². The number of carbonyl (C=O) groups excluding carboxylic acids is 1. The number of aromatic nitrogens is 4. The smallest absolute Gasteiger partial charge is 0.270 e. The number of pyridine rings is 2. The Bertz CT molecular complexity index is 1130. The van der Waals surface area contributed by atoms with E-state index in [1.54, 1.807) is 18.0 Å². The molecule has 0 aliphatic rings. The highest BCUT2D eigenvalue weighted by atomic mass is 32.1. The lowest BCUT2D eigenvalue weighted by molar-refractivity contribution is 0.0932. The second-order valence-corrected chi connectivity index (χ2v) is 7.58. The van der Waals surface area contributed by atoms with Crippen molar-refractivity contribution in [3.8, 4) is 11.3 Å². The maximum atomic E-state index is 12.4. The number of hydrogen-bond donors (Lipinski definition) is 1. The number of methoxy groups -OCH3 is 1. The van der Waals surface area contributed by atoms with Crippen LogP contribution >= 0.6 is 11.3 Å². The van der Waals surface area contributed by atoms with Crippen molar-refractivity contribution < 1.29 is 9.53 Å². The van der Waals surface area contributed by atoms with Crippen molar-refractivity contribution in [3.63, 3.8) is 0 Å². The summed E-state index contributed by atoms with van der Waals surface area (Å²) in [5, 5.41) is 10.1. The van der Waals surface area contributed by atoms with Gasteiger partial charge in [0.05, 0.1) is 18.5 Å². The highest BCUT2D eigenvalue weighted by Gasteiger charge is 2.13. The number of aryl methyl sites for hydroxylation is 1. The molecule has 8 heteroatoms. The molecule has 0 saturated carbocycles. The van der Waals surface area contributed by atoms with Gasteiger partial charge in [0.1, 0.15) is 10.5 Å². The number of nitrogens with zero attached hydrogens (tertiary/aromatic N) is 4. The Hall–Kier alpha value is -3.10. The molecule has 0 atom stereocenters. The molecule has 1 N–H and O–H groups in total. The monoisotopic (exact) mass is 407 g/mol. The van der Waals surface area contributed by atoms with Crippen molar-refractivity contribution in [3.05, 3.63) is 65.1 Å². The molecule has 0 radical (unpaired) electrons. The largest absolute Gasteiger partial charge is 0.383 e. The summed E-state index contributed by atoms with van der Waals surface area (Å²) >= 11 is 1.53. The summed E-state index contributed by atoms with van der Waals surface area (Å²) < 4.78 is 6.74. The van der Waals surface area contributed by atoms with Gasteiger partial charge >= 0.3 is 0 Å². The molecule has 0 spiro atoms. The molecule has 0 aromatic carbocycles. The summed E-state index contributed by atoms with van der Waals surface area (Å²) in [6.45, 7) is 0.920. The van der Waals surface area contributed by atoms with Gasteiger partial charge in [-0.1, -0.05) is 6.07 Å². The molecular weight excluding hydrogens is 386 g/mol. The highest BCUT2D eigenvalue weighted by molar-refractivity contribution is 7.16. The van der Waals surface area contributed by atoms with E-state index < -0.39 is 0 Å². The lowest BCUT2D eigenvalue weighted by atomic mass is 10.0. The summed E-state index contributed by atoms with van der Waals surface area (Å²) in [5.41, 5.74) is 4.42. The van der Waals surface area contributed by atoms with Crippen LogP contribution in [0.3, 0.4) is 0 Å². The van der Waals surface area contributed by atoms with Crippen LogP contribution in [0.15, 0.2) is 48.2 Å². The van der Waals surface area contributed by atoms with Crippen molar-refractivity contribution in [2.75, 3.05) is 20.3 Å². The summed E-state index contributed by atoms with van der Waals surface area (Å²) in [6, 6.07) is 7.97. The fourth-order valence-corrected chi connectivity index (χ4v) is 3.92. The molecule has 0 fully saturated rings. The molecule has 0 aliphatic heterocycles. The van der Waals surface area contributed by atoms with E-state index in [4.69, 9.17) is 4.74 Å². The van der Waals surface area contributed by atoms with Gasteiger partial charge in [-0.2, -0.15) is 5.10 Å². The van der Waals surface area contributed by atoms with Gasteiger partial charge in [-0.05, 0) is 41.1 Å². The first-order valence-electron chi connectivity index (χ1n) is 9.22. The number of carbonyl (C=O) groups is 1. The van der Waals surface area contributed by atoms with Crippen LogP contribution in [0.4, 0.5) is 0 Å². The topological polar surface area (TPSA) is 81.9 Å². The minimum atomic E-state index is -0.191. The Morgan fingerprint density at radius 1 is 1.28 bits per heavy atom. The summed E-state index contributed by atoms with van der Waals surface area (Å²) in [7, 11) is 3.49. The standard InChI is InChI=1S/C21H21N5O2S/c1-26-13-16(12-24-26)18-4-3-14(11-23-18)9-15-10-19(20(27)22-6-7-28-2)25-21-17(15)5-8-29-21/h3-5,8,10-13H,6-7,9H2,1-2H3,(H,22,27). The van der Waals surface area contributed by atoms with Crippen LogP contribution in [0.25, 0.3) is 21.5 Å². The SMILES string of the molecule is COCCNC(=O)c1cc(Cc2ccc(-c3cnn(C)c3)nc2)c2ccsc2n1. The van der Waals surface area contributed by atoms with Crippen LogP contribution in [0.5, 0.6) is 0 Å². The van der Waals surface area contributed by atoms with Gasteiger partial charge in [0, 0.05) is 44.0 Å². The van der Waals surface area contributed by atoms with Crippen molar-refractivity contribution in [2.45, 2.75) is 6.42 Å². The molecule has 4 heterocycles. The molecule has 148 valence electrons. The van der Waals surface area contributed by atoms with Gasteiger partial charge in [-0.25, -0.2) is 4.98 Å². The zero-order valence-corrected chi connectivity index (χ0v) is 17.1. The third kappa shape index (κ3) is 4.33. The lowest BCUT2D eigenvalue weighted by Crippen LogP contribution is -2.27. The number of thiophene rings is 1. The van der Waals surface area contributed by atoms with Crippen LogP contribution in [-0.2, 0) is 18.2 Å². The van der Waals surface area contributed by atoms with Crippen LogP contribution in [0.2, 0.25) is 0 Å². The second kappa shape index (κ2) is 8.50. The fraction of sp³-hybridized carbons (Fsp3) is 0.238. The molecule has 4 rings (SSSR count). The Morgan fingerprint density at radius 3 is 2.90 bits per heavy atom. The van der Waals surface area contributed by atoms with E-state index in [0.717, 1.165) is 32.6 Å². The molecular formula is C21H21N5O2S. The molecule has 0 saturated heterocycles. The molecule has 7 nitrogen and oxygen atoms in total. The molecule has 4 aromatic heterocycles. The second-order valence-electron chi connectivity index (χ2n) is 6.69. The molecule has 0 bridgehead atoms. The van der Waals surface area contributed by atoms with Crippen molar-refractivity contribution >= 4 is 27.5 Å². The van der Waals surface area contributed by atoms with E-state index >= 15 is 0 Å². The fourth-order valence-electron chi connectivity index (χ4n) is 3.11. The average molecular weight is 407 g/mol. The Kier molecular flexibility index (Phi) is 5.64. The predicted molar refractivity (Wildman–Crippen MR) is 113 cm³/mol. The Balaban J connectivity index is 1.58. The molecule has 29 heavy (non-hydrogen) atoms. The number of fused-ring (bicyclic) bond motifs is 1. The van der Waals surface area contributed by atoms with E-state index in [1.807, 2.05) is 43.0 Å². The van der Waals surface area contributed by atoms with Crippen molar-refractivity contribution in [1.29, 1.82) is 0 Å². The van der Waals surface area contributed by atoms with Gasteiger partial charge in [-0.3, -0.25) is 14.5 Å². The van der Waals surface area contributed by atoms with E-state index in [9.17, 15) is 4.79 Å². The van der Waals surface area contributed by atoms with Gasteiger partial charge < -0.3 is 10.1 Å². The van der Waals surface area contributed by atoms with E-state index in [2.05, 4.69) is 26.4 Å². The number of nitrogens with one attached hydrogen (secondary N) is 1. The minimum absolute atomic E-state index is 0.191.